The number of rotatable bonds is 4. The Hall–Kier alpha value is -7.05. The van der Waals surface area contributed by atoms with Crippen LogP contribution in [0.3, 0.4) is 0 Å². The highest BCUT2D eigenvalue weighted by Crippen LogP contribution is 2.43. The molecule has 0 radical (unpaired) electrons. The summed E-state index contributed by atoms with van der Waals surface area (Å²) in [5.41, 5.74) is 9.00. The van der Waals surface area contributed by atoms with Crippen molar-refractivity contribution in [3.05, 3.63) is 158 Å². The Morgan fingerprint density at radius 1 is 0.373 bits per heavy atom. The first-order valence-electron chi connectivity index (χ1n) is 17.0. The average Bonchev–Trinajstić information content (AvgIpc) is 3.88. The standard InChI is InChI=1S/C45H26N4O2/c1-3-13-27(14-4-1)43-46-44(28-15-5-2-6-16-28)48-45(47-43)34-21-11-19-30-31-20-12-23-37(41(31)51-40(30)34)49-35-22-9-7-18-33(35)39-36(49)26-25-32-29-17-8-10-24-38(29)50-42(32)39/h1-26H. The molecule has 0 spiro atoms. The molecule has 238 valence electrons. The number of hydrogen-bond acceptors (Lipinski definition) is 5. The van der Waals surface area contributed by atoms with E-state index in [0.29, 0.717) is 17.5 Å². The SMILES string of the molecule is c1ccc(-c2nc(-c3ccccc3)nc(-c3cccc4c3oc3c(-n5c6ccccc6c6c7oc8ccccc8c7ccc65)cccc34)n2)cc1. The second kappa shape index (κ2) is 10.7. The van der Waals surface area contributed by atoms with Crippen molar-refractivity contribution in [1.82, 2.24) is 19.5 Å². The Balaban J connectivity index is 1.18. The molecular formula is C45H26N4O2. The predicted octanol–water partition coefficient (Wildman–Crippen LogP) is 11.8. The van der Waals surface area contributed by atoms with Crippen molar-refractivity contribution >= 4 is 65.7 Å². The molecule has 7 aromatic carbocycles. The van der Waals surface area contributed by atoms with Gasteiger partial charge in [-0.25, -0.2) is 15.0 Å². The zero-order valence-corrected chi connectivity index (χ0v) is 27.1. The van der Waals surface area contributed by atoms with Crippen molar-refractivity contribution in [3.63, 3.8) is 0 Å². The molecule has 0 atom stereocenters. The van der Waals surface area contributed by atoms with E-state index < -0.39 is 0 Å². The normalized spacial score (nSPS) is 11.9. The highest BCUT2D eigenvalue weighted by Gasteiger charge is 2.23. The lowest BCUT2D eigenvalue weighted by atomic mass is 10.1. The topological polar surface area (TPSA) is 69.9 Å². The van der Waals surface area contributed by atoms with Crippen molar-refractivity contribution in [3.8, 4) is 39.9 Å². The molecule has 0 amide bonds. The number of para-hydroxylation sites is 4. The van der Waals surface area contributed by atoms with E-state index in [-0.39, 0.29) is 0 Å². The quantitative estimate of drug-likeness (QED) is 0.189. The molecule has 11 aromatic rings. The third-order valence-electron chi connectivity index (χ3n) is 9.86. The molecule has 0 aliphatic heterocycles. The minimum absolute atomic E-state index is 0.554. The van der Waals surface area contributed by atoms with Gasteiger partial charge in [0.15, 0.2) is 23.1 Å². The Morgan fingerprint density at radius 2 is 0.961 bits per heavy atom. The van der Waals surface area contributed by atoms with Crippen molar-refractivity contribution in [1.29, 1.82) is 0 Å². The molecule has 0 aliphatic rings. The van der Waals surface area contributed by atoms with Crippen LogP contribution >= 0.6 is 0 Å². The third kappa shape index (κ3) is 4.14. The van der Waals surface area contributed by atoms with Crippen LogP contribution in [0.4, 0.5) is 0 Å². The van der Waals surface area contributed by atoms with Crippen LogP contribution in [0, 0.1) is 0 Å². The average molecular weight is 655 g/mol. The maximum absolute atomic E-state index is 6.97. The van der Waals surface area contributed by atoms with E-state index in [1.54, 1.807) is 0 Å². The second-order valence-corrected chi connectivity index (χ2v) is 12.8. The number of hydrogen-bond donors (Lipinski definition) is 0. The van der Waals surface area contributed by atoms with Gasteiger partial charge in [0.05, 0.1) is 27.7 Å². The van der Waals surface area contributed by atoms with Crippen LogP contribution in [0.5, 0.6) is 0 Å². The first-order valence-corrected chi connectivity index (χ1v) is 17.0. The van der Waals surface area contributed by atoms with Crippen molar-refractivity contribution in [2.75, 3.05) is 0 Å². The maximum atomic E-state index is 6.97. The molecule has 0 fully saturated rings. The molecule has 0 saturated carbocycles. The number of nitrogens with zero attached hydrogens (tertiary/aromatic N) is 4. The highest BCUT2D eigenvalue weighted by atomic mass is 16.3. The van der Waals surface area contributed by atoms with Crippen molar-refractivity contribution in [2.45, 2.75) is 0 Å². The number of furan rings is 2. The number of aromatic nitrogens is 4. The minimum Gasteiger partial charge on any atom is -0.455 e. The Kier molecular flexibility index (Phi) is 5.86. The van der Waals surface area contributed by atoms with Crippen LogP contribution in [0.2, 0.25) is 0 Å². The zero-order chi connectivity index (χ0) is 33.5. The lowest BCUT2D eigenvalue weighted by Crippen LogP contribution is -2.00. The predicted molar refractivity (Wildman–Crippen MR) is 205 cm³/mol. The molecule has 0 bridgehead atoms. The monoisotopic (exact) mass is 654 g/mol. The van der Waals surface area contributed by atoms with Gasteiger partial charge in [0.25, 0.3) is 0 Å². The molecular weight excluding hydrogens is 629 g/mol. The first kappa shape index (κ1) is 27.9. The summed E-state index contributed by atoms with van der Waals surface area (Å²) in [6.45, 7) is 0. The van der Waals surface area contributed by atoms with Gasteiger partial charge in [-0.15, -0.1) is 0 Å². The molecule has 4 heterocycles. The summed E-state index contributed by atoms with van der Waals surface area (Å²) in [4.78, 5) is 14.9. The van der Waals surface area contributed by atoms with E-state index in [4.69, 9.17) is 23.8 Å². The molecule has 0 unspecified atom stereocenters. The van der Waals surface area contributed by atoms with Gasteiger partial charge in [-0.05, 0) is 36.4 Å². The van der Waals surface area contributed by atoms with Gasteiger partial charge in [-0.2, -0.15) is 0 Å². The van der Waals surface area contributed by atoms with E-state index >= 15 is 0 Å². The first-order chi connectivity index (χ1) is 25.3. The highest BCUT2D eigenvalue weighted by molar-refractivity contribution is 6.24. The third-order valence-corrected chi connectivity index (χ3v) is 9.86. The van der Waals surface area contributed by atoms with E-state index in [1.165, 1.54) is 0 Å². The van der Waals surface area contributed by atoms with Gasteiger partial charge in [0.2, 0.25) is 0 Å². The fourth-order valence-electron chi connectivity index (χ4n) is 7.58. The van der Waals surface area contributed by atoms with Crippen LogP contribution in [0.25, 0.3) is 106 Å². The lowest BCUT2D eigenvalue weighted by Gasteiger charge is -2.09. The van der Waals surface area contributed by atoms with Gasteiger partial charge in [-0.1, -0.05) is 121 Å². The van der Waals surface area contributed by atoms with Gasteiger partial charge in [0, 0.05) is 38.1 Å². The summed E-state index contributed by atoms with van der Waals surface area (Å²) in [7, 11) is 0. The van der Waals surface area contributed by atoms with E-state index in [9.17, 15) is 0 Å². The van der Waals surface area contributed by atoms with Crippen LogP contribution in [-0.4, -0.2) is 19.5 Å². The zero-order valence-electron chi connectivity index (χ0n) is 27.1. The largest absolute Gasteiger partial charge is 0.455 e. The lowest BCUT2D eigenvalue weighted by molar-refractivity contribution is 0.666. The van der Waals surface area contributed by atoms with E-state index in [1.807, 2.05) is 84.9 Å². The molecule has 4 aromatic heterocycles. The molecule has 0 aliphatic carbocycles. The molecule has 6 nitrogen and oxygen atoms in total. The van der Waals surface area contributed by atoms with Crippen LogP contribution < -0.4 is 0 Å². The molecule has 51 heavy (non-hydrogen) atoms. The second-order valence-electron chi connectivity index (χ2n) is 12.8. The summed E-state index contributed by atoms with van der Waals surface area (Å²) >= 11 is 0. The van der Waals surface area contributed by atoms with E-state index in [2.05, 4.69) is 77.4 Å². The van der Waals surface area contributed by atoms with Gasteiger partial charge < -0.3 is 13.4 Å². The fourth-order valence-corrected chi connectivity index (χ4v) is 7.58. The summed E-state index contributed by atoms with van der Waals surface area (Å²) in [6, 6.07) is 53.7. The van der Waals surface area contributed by atoms with Gasteiger partial charge >= 0.3 is 0 Å². The Bertz CT molecular complexity index is 3080. The van der Waals surface area contributed by atoms with E-state index in [0.717, 1.165) is 88.1 Å². The van der Waals surface area contributed by atoms with Crippen LogP contribution in [-0.2, 0) is 0 Å². The fraction of sp³-hybridized carbons (Fsp3) is 0. The van der Waals surface area contributed by atoms with Crippen LogP contribution in [0.15, 0.2) is 167 Å². The summed E-state index contributed by atoms with van der Waals surface area (Å²) in [5.74, 6) is 1.77. The minimum atomic E-state index is 0.554. The van der Waals surface area contributed by atoms with Gasteiger partial charge in [0.1, 0.15) is 16.7 Å². The molecule has 0 saturated heterocycles. The smallest absolute Gasteiger partial charge is 0.167 e. The summed E-state index contributed by atoms with van der Waals surface area (Å²) in [6.07, 6.45) is 0. The Morgan fingerprint density at radius 3 is 1.73 bits per heavy atom. The van der Waals surface area contributed by atoms with Crippen molar-refractivity contribution in [2.24, 2.45) is 0 Å². The maximum Gasteiger partial charge on any atom is 0.167 e. The van der Waals surface area contributed by atoms with Gasteiger partial charge in [-0.3, -0.25) is 0 Å². The summed E-state index contributed by atoms with van der Waals surface area (Å²) in [5, 5.41) is 6.43. The van der Waals surface area contributed by atoms with Crippen LogP contribution in [0.1, 0.15) is 0 Å². The number of fused-ring (bicyclic) bond motifs is 10. The number of benzene rings is 7. The summed E-state index contributed by atoms with van der Waals surface area (Å²) < 4.78 is 15.8. The Labute approximate surface area is 290 Å². The van der Waals surface area contributed by atoms with Crippen molar-refractivity contribution < 1.29 is 8.83 Å². The molecule has 6 heteroatoms. The molecule has 11 rings (SSSR count). The molecule has 0 N–H and O–H groups in total.